The number of rotatable bonds is 0. The van der Waals surface area contributed by atoms with Crippen molar-refractivity contribution in [3.8, 4) is 0 Å². The van der Waals surface area contributed by atoms with E-state index in [0.717, 1.165) is 0 Å². The molecule has 0 aromatic heterocycles. The molecule has 1 heterocycles. The molecule has 0 bridgehead atoms. The molecule has 0 spiro atoms. The molecule has 0 aromatic rings. The van der Waals surface area contributed by atoms with E-state index >= 15 is 0 Å². The average Bonchev–Trinajstić information content (AvgIpc) is 2.17. The maximum Gasteiger partial charge on any atom is 0.0448 e. The molecule has 1 aliphatic carbocycles. The average molecular weight is 96.2 g/mol. The Labute approximate surface area is 40.8 Å². The summed E-state index contributed by atoms with van der Waals surface area (Å²) in [5.41, 5.74) is 2.48. The lowest BCUT2D eigenvalue weighted by molar-refractivity contribution is 0.868. The molecule has 0 aromatic carbocycles. The van der Waals surface area contributed by atoms with Crippen LogP contribution < -0.4 is 0 Å². The normalized spacial score (nSPS) is 52.0. The van der Waals surface area contributed by atoms with E-state index in [9.17, 15) is 0 Å². The van der Waals surface area contributed by atoms with Crippen molar-refractivity contribution >= 4 is 9.52 Å². The van der Waals surface area contributed by atoms with Crippen molar-refractivity contribution in [2.75, 3.05) is 0 Å². The second-order valence-electron chi connectivity index (χ2n) is 2.31. The van der Waals surface area contributed by atoms with Crippen molar-refractivity contribution in [3.05, 3.63) is 0 Å². The van der Waals surface area contributed by atoms with Gasteiger partial charge in [0.1, 0.15) is 0 Å². The second kappa shape index (κ2) is 0.889. The van der Waals surface area contributed by atoms with Crippen molar-refractivity contribution < 1.29 is 0 Å². The largest absolute Gasteiger partial charge is 0.0534 e. The summed E-state index contributed by atoms with van der Waals surface area (Å²) in [6.45, 7) is 0. The maximum atomic E-state index is 1.57. The first-order chi connectivity index (χ1) is 2.97. The molecule has 32 valence electrons. The highest BCUT2D eigenvalue weighted by molar-refractivity contribution is 6.54. The fourth-order valence-corrected chi connectivity index (χ4v) is 2.86. The van der Waals surface area contributed by atoms with Gasteiger partial charge in [-0.1, -0.05) is 19.3 Å². The summed E-state index contributed by atoms with van der Waals surface area (Å²) >= 11 is 0. The monoisotopic (exact) mass is 96.0 g/mol. The summed E-state index contributed by atoms with van der Waals surface area (Å²) in [7, 11) is 1.39. The first-order valence-corrected chi connectivity index (χ1v) is 3.88. The number of hydrogen-bond donors (Lipinski definition) is 0. The zero-order chi connectivity index (χ0) is 3.98. The SMILES string of the molecule is C1CC2[Si]C2C1. The van der Waals surface area contributed by atoms with Gasteiger partial charge in [-0.05, 0) is 11.1 Å². The Kier molecular flexibility index (Phi) is 0.481. The molecule has 2 aliphatic rings. The number of hydrogen-bond acceptors (Lipinski definition) is 0. The minimum Gasteiger partial charge on any atom is -0.0534 e. The van der Waals surface area contributed by atoms with E-state index in [4.69, 9.17) is 0 Å². The van der Waals surface area contributed by atoms with Crippen molar-refractivity contribution in [2.45, 2.75) is 30.3 Å². The van der Waals surface area contributed by atoms with Crippen LogP contribution in [-0.4, -0.2) is 9.52 Å². The van der Waals surface area contributed by atoms with E-state index in [-0.39, 0.29) is 0 Å². The predicted octanol–water partition coefficient (Wildman–Crippen LogP) is 1.47. The predicted molar refractivity (Wildman–Crippen MR) is 27.1 cm³/mol. The molecular weight excluding hydrogens is 88.1 g/mol. The lowest BCUT2D eigenvalue weighted by atomic mass is 10.4. The van der Waals surface area contributed by atoms with Crippen LogP contribution in [0, 0.1) is 0 Å². The van der Waals surface area contributed by atoms with Gasteiger partial charge >= 0.3 is 0 Å². The van der Waals surface area contributed by atoms with Gasteiger partial charge < -0.3 is 0 Å². The Morgan fingerprint density at radius 1 is 1.17 bits per heavy atom. The fraction of sp³-hybridized carbons (Fsp3) is 1.00. The van der Waals surface area contributed by atoms with Gasteiger partial charge in [0.2, 0.25) is 0 Å². The topological polar surface area (TPSA) is 0 Å². The molecule has 1 saturated carbocycles. The number of fused-ring (bicyclic) bond motifs is 1. The molecule has 2 atom stereocenters. The first kappa shape index (κ1) is 3.25. The highest BCUT2D eigenvalue weighted by Crippen LogP contribution is 2.54. The van der Waals surface area contributed by atoms with E-state index in [1.165, 1.54) is 20.6 Å². The summed E-state index contributed by atoms with van der Waals surface area (Å²) in [5, 5.41) is 0. The van der Waals surface area contributed by atoms with E-state index in [2.05, 4.69) is 0 Å². The molecule has 0 nitrogen and oxygen atoms in total. The maximum absolute atomic E-state index is 1.57. The summed E-state index contributed by atoms with van der Waals surface area (Å²) in [5.74, 6) is 0. The lowest BCUT2D eigenvalue weighted by Crippen LogP contribution is -1.68. The molecule has 0 N–H and O–H groups in total. The summed E-state index contributed by atoms with van der Waals surface area (Å²) in [6.07, 6.45) is 4.69. The van der Waals surface area contributed by atoms with Crippen molar-refractivity contribution in [1.82, 2.24) is 0 Å². The molecule has 1 heteroatoms. The standard InChI is InChI=1S/C5H8Si/c1-2-4-5(3-1)6-4/h4-5H,1-3H2. The molecule has 2 fully saturated rings. The van der Waals surface area contributed by atoms with Crippen LogP contribution in [-0.2, 0) is 0 Å². The van der Waals surface area contributed by atoms with E-state index in [1.807, 2.05) is 0 Å². The zero-order valence-electron chi connectivity index (χ0n) is 3.78. The van der Waals surface area contributed by atoms with Gasteiger partial charge in [-0.15, -0.1) is 0 Å². The van der Waals surface area contributed by atoms with Gasteiger partial charge in [0.25, 0.3) is 0 Å². The molecule has 0 amide bonds. The Balaban J connectivity index is 2.09. The smallest absolute Gasteiger partial charge is 0.0448 e. The van der Waals surface area contributed by atoms with Crippen LogP contribution in [0.5, 0.6) is 0 Å². The molecule has 1 aliphatic heterocycles. The van der Waals surface area contributed by atoms with Gasteiger partial charge in [-0.2, -0.15) is 0 Å². The summed E-state index contributed by atoms with van der Waals surface area (Å²) in [4.78, 5) is 0. The van der Waals surface area contributed by atoms with Gasteiger partial charge in [0.15, 0.2) is 0 Å². The Morgan fingerprint density at radius 3 is 2.00 bits per heavy atom. The van der Waals surface area contributed by atoms with Crippen LogP contribution in [0.3, 0.4) is 0 Å². The third-order valence-corrected chi connectivity index (χ3v) is 3.69. The Bertz CT molecular complexity index is 62.3. The summed E-state index contributed by atoms with van der Waals surface area (Å²) in [6, 6.07) is 0. The highest BCUT2D eigenvalue weighted by atomic mass is 28.2. The van der Waals surface area contributed by atoms with Gasteiger partial charge in [0.05, 0.1) is 0 Å². The first-order valence-electron chi connectivity index (χ1n) is 2.73. The van der Waals surface area contributed by atoms with Crippen LogP contribution in [0.4, 0.5) is 0 Å². The third-order valence-electron chi connectivity index (χ3n) is 1.83. The molecular formula is C5H8Si. The molecule has 6 heavy (non-hydrogen) atoms. The molecule has 1 saturated heterocycles. The van der Waals surface area contributed by atoms with Crippen LogP contribution in [0.2, 0.25) is 11.1 Å². The molecule has 2 radical (unpaired) electrons. The van der Waals surface area contributed by atoms with Crippen LogP contribution in [0.25, 0.3) is 0 Å². The Hall–Kier alpha value is 0.217. The third kappa shape index (κ3) is 0.292. The zero-order valence-corrected chi connectivity index (χ0v) is 4.78. The van der Waals surface area contributed by atoms with Gasteiger partial charge in [0, 0.05) is 9.52 Å². The molecule has 2 unspecified atom stereocenters. The second-order valence-corrected chi connectivity index (χ2v) is 4.13. The Morgan fingerprint density at radius 2 is 1.83 bits per heavy atom. The van der Waals surface area contributed by atoms with Crippen molar-refractivity contribution in [2.24, 2.45) is 0 Å². The van der Waals surface area contributed by atoms with Crippen LogP contribution >= 0.6 is 0 Å². The van der Waals surface area contributed by atoms with E-state index in [1.54, 1.807) is 19.3 Å². The minimum atomic E-state index is 1.24. The van der Waals surface area contributed by atoms with Gasteiger partial charge in [-0.25, -0.2) is 0 Å². The van der Waals surface area contributed by atoms with Gasteiger partial charge in [-0.3, -0.25) is 0 Å². The van der Waals surface area contributed by atoms with Crippen LogP contribution in [0.15, 0.2) is 0 Å². The lowest BCUT2D eigenvalue weighted by Gasteiger charge is -1.80. The molecule has 2 rings (SSSR count). The van der Waals surface area contributed by atoms with E-state index < -0.39 is 0 Å². The fourth-order valence-electron chi connectivity index (χ4n) is 1.35. The summed E-state index contributed by atoms with van der Waals surface area (Å²) < 4.78 is 0. The van der Waals surface area contributed by atoms with Crippen LogP contribution in [0.1, 0.15) is 19.3 Å². The van der Waals surface area contributed by atoms with Crippen molar-refractivity contribution in [1.29, 1.82) is 0 Å². The highest BCUT2D eigenvalue weighted by Gasteiger charge is 2.41. The minimum absolute atomic E-state index is 1.24. The quantitative estimate of drug-likeness (QED) is 0.400. The van der Waals surface area contributed by atoms with Crippen molar-refractivity contribution in [3.63, 3.8) is 0 Å². The van der Waals surface area contributed by atoms with E-state index in [0.29, 0.717) is 0 Å².